The van der Waals surface area contributed by atoms with Gasteiger partial charge in [0.15, 0.2) is 5.82 Å². The lowest BCUT2D eigenvalue weighted by Crippen LogP contribution is -2.41. The number of hydrogen-bond donors (Lipinski definition) is 1. The summed E-state index contributed by atoms with van der Waals surface area (Å²) < 4.78 is 5.22. The van der Waals surface area contributed by atoms with E-state index in [1.807, 2.05) is 12.1 Å². The molecule has 3 rings (SSSR count). The second-order valence-corrected chi connectivity index (χ2v) is 5.11. The number of pyridine rings is 1. The highest BCUT2D eigenvalue weighted by molar-refractivity contribution is 5.88. The number of carbonyl (C=O) groups is 1. The molecule has 1 saturated heterocycles. The molecule has 1 fully saturated rings. The molecule has 0 aromatic carbocycles. The molecule has 21 heavy (non-hydrogen) atoms. The van der Waals surface area contributed by atoms with Gasteiger partial charge in [-0.25, -0.2) is 9.78 Å². The van der Waals surface area contributed by atoms with Crippen LogP contribution in [0, 0.1) is 6.92 Å². The number of aryl methyl sites for hydroxylation is 1. The Hall–Kier alpha value is -2.44. The highest BCUT2D eigenvalue weighted by atomic mass is 16.5. The molecule has 2 aromatic rings. The third kappa shape index (κ3) is 3.18. The summed E-state index contributed by atoms with van der Waals surface area (Å²) >= 11 is 0. The zero-order chi connectivity index (χ0) is 14.7. The number of carbonyl (C=O) groups excluding carboxylic acids is 1. The minimum Gasteiger partial charge on any atom is -0.339 e. The Morgan fingerprint density at radius 3 is 3.10 bits per heavy atom. The third-order valence-electron chi connectivity index (χ3n) is 3.50. The Kier molecular flexibility index (Phi) is 3.81. The standard InChI is InChI=1S/C14H17N5O2/c1-10-16-13(21-18-10)11-5-4-8-19(9-11)14(20)17-12-6-2-3-7-15-12/h2-3,6-7,11H,4-5,8-9H2,1H3,(H,15,17,20)/t11-/m0/s1. The number of rotatable bonds is 2. The minimum atomic E-state index is -0.144. The second-order valence-electron chi connectivity index (χ2n) is 5.11. The van der Waals surface area contributed by atoms with Crippen LogP contribution in [0.25, 0.3) is 0 Å². The van der Waals surface area contributed by atoms with Crippen molar-refractivity contribution in [1.29, 1.82) is 0 Å². The quantitative estimate of drug-likeness (QED) is 0.915. The maximum atomic E-state index is 12.3. The van der Waals surface area contributed by atoms with E-state index in [2.05, 4.69) is 20.4 Å². The van der Waals surface area contributed by atoms with Crippen LogP contribution < -0.4 is 5.32 Å². The van der Waals surface area contributed by atoms with E-state index in [0.29, 0.717) is 24.1 Å². The van der Waals surface area contributed by atoms with Crippen molar-refractivity contribution in [2.75, 3.05) is 18.4 Å². The smallest absolute Gasteiger partial charge is 0.323 e. The lowest BCUT2D eigenvalue weighted by molar-refractivity contribution is 0.184. The Balaban J connectivity index is 1.64. The number of hydrogen-bond acceptors (Lipinski definition) is 5. The molecule has 0 saturated carbocycles. The van der Waals surface area contributed by atoms with Gasteiger partial charge in [0.2, 0.25) is 5.89 Å². The molecule has 2 aromatic heterocycles. The van der Waals surface area contributed by atoms with E-state index in [0.717, 1.165) is 19.4 Å². The Bertz CT molecular complexity index is 613. The predicted molar refractivity (Wildman–Crippen MR) is 75.8 cm³/mol. The van der Waals surface area contributed by atoms with Gasteiger partial charge in [-0.05, 0) is 31.9 Å². The molecule has 3 heterocycles. The molecule has 0 bridgehead atoms. The fraction of sp³-hybridized carbons (Fsp3) is 0.429. The number of amides is 2. The molecule has 1 atom stereocenters. The summed E-state index contributed by atoms with van der Waals surface area (Å²) in [5, 5.41) is 6.61. The lowest BCUT2D eigenvalue weighted by Gasteiger charge is -2.30. The third-order valence-corrected chi connectivity index (χ3v) is 3.50. The molecule has 1 N–H and O–H groups in total. The van der Waals surface area contributed by atoms with Gasteiger partial charge in [0, 0.05) is 19.3 Å². The van der Waals surface area contributed by atoms with Gasteiger partial charge in [0.1, 0.15) is 5.82 Å². The number of nitrogens with one attached hydrogen (secondary N) is 1. The number of likely N-dealkylation sites (tertiary alicyclic amines) is 1. The largest absolute Gasteiger partial charge is 0.339 e. The van der Waals surface area contributed by atoms with E-state index in [9.17, 15) is 4.79 Å². The van der Waals surface area contributed by atoms with E-state index >= 15 is 0 Å². The van der Waals surface area contributed by atoms with Crippen molar-refractivity contribution in [3.05, 3.63) is 36.1 Å². The van der Waals surface area contributed by atoms with Gasteiger partial charge in [0.05, 0.1) is 5.92 Å². The van der Waals surface area contributed by atoms with Crippen LogP contribution in [0.3, 0.4) is 0 Å². The van der Waals surface area contributed by atoms with Gasteiger partial charge in [0.25, 0.3) is 0 Å². The fourth-order valence-corrected chi connectivity index (χ4v) is 2.47. The average molecular weight is 287 g/mol. The summed E-state index contributed by atoms with van der Waals surface area (Å²) in [4.78, 5) is 22.4. The number of piperidine rings is 1. The van der Waals surface area contributed by atoms with E-state index in [1.54, 1.807) is 24.1 Å². The molecule has 2 amide bonds. The van der Waals surface area contributed by atoms with Crippen LogP contribution in [0.4, 0.5) is 10.6 Å². The van der Waals surface area contributed by atoms with Gasteiger partial charge in [-0.2, -0.15) is 4.98 Å². The van der Waals surface area contributed by atoms with Crippen LogP contribution in [0.15, 0.2) is 28.9 Å². The summed E-state index contributed by atoms with van der Waals surface area (Å²) in [6.45, 7) is 3.10. The van der Waals surface area contributed by atoms with Crippen molar-refractivity contribution in [2.45, 2.75) is 25.7 Å². The first-order chi connectivity index (χ1) is 10.2. The average Bonchev–Trinajstić information content (AvgIpc) is 2.95. The molecule has 0 spiro atoms. The van der Waals surface area contributed by atoms with Gasteiger partial charge in [-0.15, -0.1) is 0 Å². The van der Waals surface area contributed by atoms with Crippen molar-refractivity contribution < 1.29 is 9.32 Å². The van der Waals surface area contributed by atoms with Crippen molar-refractivity contribution in [1.82, 2.24) is 20.0 Å². The lowest BCUT2D eigenvalue weighted by atomic mass is 9.98. The second kappa shape index (κ2) is 5.90. The maximum absolute atomic E-state index is 12.3. The minimum absolute atomic E-state index is 0.106. The van der Waals surface area contributed by atoms with Crippen molar-refractivity contribution in [3.8, 4) is 0 Å². The highest BCUT2D eigenvalue weighted by Crippen LogP contribution is 2.25. The SMILES string of the molecule is Cc1noc([C@H]2CCCN(C(=O)Nc3ccccn3)C2)n1. The van der Waals surface area contributed by atoms with E-state index in [4.69, 9.17) is 4.52 Å². The molecule has 1 aliphatic heterocycles. The van der Waals surface area contributed by atoms with Gasteiger partial charge < -0.3 is 9.42 Å². The first-order valence-corrected chi connectivity index (χ1v) is 6.99. The molecule has 7 nitrogen and oxygen atoms in total. The number of nitrogens with zero attached hydrogens (tertiary/aromatic N) is 4. The van der Waals surface area contributed by atoms with Gasteiger partial charge >= 0.3 is 6.03 Å². The first-order valence-electron chi connectivity index (χ1n) is 6.99. The van der Waals surface area contributed by atoms with Crippen molar-refractivity contribution in [2.24, 2.45) is 0 Å². The molecular weight excluding hydrogens is 270 g/mol. The van der Waals surface area contributed by atoms with Crippen LogP contribution >= 0.6 is 0 Å². The predicted octanol–water partition coefficient (Wildman–Crippen LogP) is 2.18. The number of aromatic nitrogens is 3. The summed E-state index contributed by atoms with van der Waals surface area (Å²) in [5.41, 5.74) is 0. The van der Waals surface area contributed by atoms with Crippen molar-refractivity contribution >= 4 is 11.8 Å². The molecule has 0 radical (unpaired) electrons. The van der Waals surface area contributed by atoms with Crippen LogP contribution in [-0.2, 0) is 0 Å². The van der Waals surface area contributed by atoms with Crippen LogP contribution in [0.1, 0.15) is 30.5 Å². The summed E-state index contributed by atoms with van der Waals surface area (Å²) in [6.07, 6.45) is 3.52. The van der Waals surface area contributed by atoms with E-state index in [1.165, 1.54) is 0 Å². The topological polar surface area (TPSA) is 84.2 Å². The molecular formula is C14H17N5O2. The van der Waals surface area contributed by atoms with E-state index < -0.39 is 0 Å². The number of anilines is 1. The zero-order valence-corrected chi connectivity index (χ0v) is 11.8. The fourth-order valence-electron chi connectivity index (χ4n) is 2.47. The Morgan fingerprint density at radius 1 is 1.48 bits per heavy atom. The molecule has 0 unspecified atom stereocenters. The summed E-state index contributed by atoms with van der Waals surface area (Å²) in [7, 11) is 0. The van der Waals surface area contributed by atoms with Crippen LogP contribution in [0.2, 0.25) is 0 Å². The van der Waals surface area contributed by atoms with E-state index in [-0.39, 0.29) is 11.9 Å². The first kappa shape index (κ1) is 13.5. The maximum Gasteiger partial charge on any atom is 0.323 e. The summed E-state index contributed by atoms with van der Waals surface area (Å²) in [6, 6.07) is 5.27. The normalized spacial score (nSPS) is 18.5. The van der Waals surface area contributed by atoms with Gasteiger partial charge in [-0.3, -0.25) is 5.32 Å². The summed E-state index contributed by atoms with van der Waals surface area (Å²) in [5.74, 6) is 1.90. The number of urea groups is 1. The monoisotopic (exact) mass is 287 g/mol. The van der Waals surface area contributed by atoms with Crippen molar-refractivity contribution in [3.63, 3.8) is 0 Å². The van der Waals surface area contributed by atoms with Gasteiger partial charge in [-0.1, -0.05) is 11.2 Å². The molecule has 110 valence electrons. The molecule has 7 heteroatoms. The molecule has 1 aliphatic rings. The zero-order valence-electron chi connectivity index (χ0n) is 11.8. The Morgan fingerprint density at radius 2 is 2.38 bits per heavy atom. The van der Waals surface area contributed by atoms with Crippen LogP contribution in [0.5, 0.6) is 0 Å². The van der Waals surface area contributed by atoms with Crippen LogP contribution in [-0.4, -0.2) is 39.1 Å². The highest BCUT2D eigenvalue weighted by Gasteiger charge is 2.28. The Labute approximate surface area is 122 Å². The molecule has 0 aliphatic carbocycles.